The van der Waals surface area contributed by atoms with Gasteiger partial charge in [0.05, 0.1) is 6.61 Å². The van der Waals surface area contributed by atoms with E-state index in [1.165, 1.54) is 0 Å². The molecule has 1 heterocycles. The predicted octanol–water partition coefficient (Wildman–Crippen LogP) is -1.82. The molecule has 5 nitrogen and oxygen atoms in total. The van der Waals surface area contributed by atoms with Crippen LogP contribution in [0.15, 0.2) is 0 Å². The van der Waals surface area contributed by atoms with E-state index in [0.717, 1.165) is 0 Å². The van der Waals surface area contributed by atoms with E-state index >= 15 is 0 Å². The minimum atomic E-state index is -1.29. The van der Waals surface area contributed by atoms with Gasteiger partial charge < -0.3 is 25.2 Å². The van der Waals surface area contributed by atoms with Gasteiger partial charge in [0.1, 0.15) is 29.4 Å². The Morgan fingerprint density at radius 2 is 1.31 bits per heavy atom. The maximum Gasteiger partial charge on any atom is 0.141 e. The summed E-state index contributed by atoms with van der Waals surface area (Å²) in [5.74, 6) is 0. The minimum absolute atomic E-state index is 0. The monoisotopic (exact) mass is 1150 g/mol. The largest absolute Gasteiger partial charge is 0.394 e. The minimum Gasteiger partial charge on any atom is -0.394 e. The molecule has 84 valence electrons. The van der Waals surface area contributed by atoms with Crippen molar-refractivity contribution >= 4 is 15.9 Å². The van der Waals surface area contributed by atoms with E-state index in [9.17, 15) is 10.2 Å². The van der Waals surface area contributed by atoms with E-state index in [1.807, 2.05) is 0 Å². The number of halogens is 1. The predicted molar refractivity (Wildman–Crippen MR) is 42.7 cm³/mol. The molecule has 1 rings (SSSR count). The number of rotatable bonds is 1. The summed E-state index contributed by atoms with van der Waals surface area (Å²) in [7, 11) is 0. The zero-order chi connectivity index (χ0) is 9.30. The first-order valence-corrected chi connectivity index (χ1v) is 4.44. The van der Waals surface area contributed by atoms with Crippen molar-refractivity contribution in [2.75, 3.05) is 6.61 Å². The molecule has 5 atom stereocenters. The SMILES string of the molecule is OC[C@H]1OC(Br)C(O)C(O)C1O.[Ac].[Ac].[Ac].[Ac]. The Morgan fingerprint density at radius 3 is 1.69 bits per heavy atom. The van der Waals surface area contributed by atoms with Crippen LogP contribution in [0.3, 0.4) is 0 Å². The summed E-state index contributed by atoms with van der Waals surface area (Å²) in [4.78, 5) is 0. The normalized spacial score (nSPS) is 36.9. The Labute approximate surface area is 246 Å². The van der Waals surface area contributed by atoms with Gasteiger partial charge in [-0.1, -0.05) is 15.9 Å². The summed E-state index contributed by atoms with van der Waals surface area (Å²) in [6.45, 7) is -0.396. The molecule has 0 aromatic rings. The van der Waals surface area contributed by atoms with Crippen molar-refractivity contribution in [2.24, 2.45) is 0 Å². The second kappa shape index (κ2) is 15.9. The number of alkyl halides is 1. The third kappa shape index (κ3) is 9.24. The fourth-order valence-electron chi connectivity index (χ4n) is 1.06. The van der Waals surface area contributed by atoms with Gasteiger partial charge in [-0.25, -0.2) is 0 Å². The van der Waals surface area contributed by atoms with Crippen LogP contribution in [0.5, 0.6) is 0 Å². The van der Waals surface area contributed by atoms with Gasteiger partial charge in [-0.15, -0.1) is 0 Å². The quantitative estimate of drug-likeness (QED) is 0.233. The van der Waals surface area contributed by atoms with Crippen LogP contribution >= 0.6 is 15.9 Å². The van der Waals surface area contributed by atoms with Crippen molar-refractivity contribution in [1.29, 1.82) is 0 Å². The summed E-state index contributed by atoms with van der Waals surface area (Å²) >= 11 is 2.95. The molecule has 0 spiro atoms. The number of aliphatic hydroxyl groups excluding tert-OH is 4. The molecule has 0 bridgehead atoms. The molecule has 4 N–H and O–H groups in total. The molecular formula is C6H11Ac4BrO5. The van der Waals surface area contributed by atoms with Gasteiger partial charge in [-0.3, -0.25) is 0 Å². The zero-order valence-corrected chi connectivity index (χ0v) is 29.0. The number of ether oxygens (including phenoxy) is 1. The van der Waals surface area contributed by atoms with E-state index in [2.05, 4.69) is 15.9 Å². The Hall–Kier alpha value is 6.05. The van der Waals surface area contributed by atoms with Crippen molar-refractivity contribution in [1.82, 2.24) is 0 Å². The second-order valence-corrected chi connectivity index (χ2v) is 3.58. The van der Waals surface area contributed by atoms with Gasteiger partial charge in [0.15, 0.2) is 0 Å². The molecule has 4 unspecified atom stereocenters. The fourth-order valence-corrected chi connectivity index (χ4v) is 1.65. The van der Waals surface area contributed by atoms with Crippen molar-refractivity contribution in [3.8, 4) is 0 Å². The van der Waals surface area contributed by atoms with Crippen LogP contribution in [-0.4, -0.2) is 56.5 Å². The van der Waals surface area contributed by atoms with Crippen LogP contribution in [0.1, 0.15) is 0 Å². The third-order valence-electron chi connectivity index (χ3n) is 1.83. The van der Waals surface area contributed by atoms with Crippen molar-refractivity contribution in [2.45, 2.75) is 29.4 Å². The zero-order valence-electron chi connectivity index (χ0n) is 8.48. The molecule has 0 aliphatic carbocycles. The molecule has 1 fully saturated rings. The molecule has 1 aliphatic heterocycles. The first kappa shape index (κ1) is 30.0. The van der Waals surface area contributed by atoms with Crippen LogP contribution in [0, 0.1) is 176 Å². The Bertz CT molecular complexity index is 163. The van der Waals surface area contributed by atoms with E-state index < -0.39 is 36.0 Å². The number of hydrogen-bond donors (Lipinski definition) is 4. The van der Waals surface area contributed by atoms with Gasteiger partial charge in [0, 0.05) is 176 Å². The van der Waals surface area contributed by atoms with Crippen molar-refractivity contribution < 1.29 is 201 Å². The van der Waals surface area contributed by atoms with Crippen LogP contribution in [0.2, 0.25) is 0 Å². The van der Waals surface area contributed by atoms with Crippen LogP contribution in [-0.2, 0) is 4.74 Å². The first-order valence-electron chi connectivity index (χ1n) is 3.52. The first-order chi connectivity index (χ1) is 5.57. The van der Waals surface area contributed by atoms with E-state index in [0.29, 0.717) is 0 Å². The molecule has 0 aromatic carbocycles. The van der Waals surface area contributed by atoms with Crippen LogP contribution in [0.4, 0.5) is 0 Å². The van der Waals surface area contributed by atoms with Gasteiger partial charge in [0.25, 0.3) is 0 Å². The third-order valence-corrected chi connectivity index (χ3v) is 2.59. The molecular weight excluding hydrogens is 1140 g/mol. The van der Waals surface area contributed by atoms with Crippen LogP contribution < -0.4 is 0 Å². The number of hydrogen-bond acceptors (Lipinski definition) is 5. The number of aliphatic hydroxyl groups is 4. The maximum atomic E-state index is 9.21. The molecule has 0 saturated carbocycles. The molecule has 1 aliphatic rings. The second-order valence-electron chi connectivity index (χ2n) is 2.68. The maximum absolute atomic E-state index is 9.21. The van der Waals surface area contributed by atoms with Gasteiger partial charge >= 0.3 is 0 Å². The summed E-state index contributed by atoms with van der Waals surface area (Å²) in [6.07, 6.45) is -4.57. The van der Waals surface area contributed by atoms with Gasteiger partial charge in [-0.2, -0.15) is 0 Å². The Morgan fingerprint density at radius 1 is 0.875 bits per heavy atom. The summed E-state index contributed by atoms with van der Waals surface area (Å²) in [5.41, 5.74) is 0. The van der Waals surface area contributed by atoms with Gasteiger partial charge in [-0.05, 0) is 0 Å². The standard InChI is InChI=1S/C6H11BrO5.4Ac/c7-6-5(11)4(10)3(9)2(1-8)12-6;;;;/h2-6,8-11H,1H2;;;;/t2-,3?,4?,5?,6?;;;;/m1..../s1. The smallest absolute Gasteiger partial charge is 0.141 e. The van der Waals surface area contributed by atoms with Crippen molar-refractivity contribution in [3.05, 3.63) is 0 Å². The van der Waals surface area contributed by atoms with Crippen LogP contribution in [0.25, 0.3) is 0 Å². The summed E-state index contributed by atoms with van der Waals surface area (Å²) in [5, 5.41) is 35.5. The van der Waals surface area contributed by atoms with E-state index in [1.54, 1.807) is 0 Å². The molecule has 10 heteroatoms. The molecule has 0 aromatic heterocycles. The summed E-state index contributed by atoms with van der Waals surface area (Å²) < 4.78 is 4.94. The fraction of sp³-hybridized carbons (Fsp3) is 1.00. The average molecular weight is 1150 g/mol. The molecule has 16 heavy (non-hydrogen) atoms. The Kier molecular flexibility index (Phi) is 29.8. The Balaban J connectivity index is -0.000000180. The van der Waals surface area contributed by atoms with E-state index in [-0.39, 0.29) is 176 Å². The topological polar surface area (TPSA) is 90.2 Å². The average Bonchev–Trinajstić information content (AvgIpc) is 2.08. The summed E-state index contributed by atoms with van der Waals surface area (Å²) in [6, 6.07) is 0. The molecule has 1 saturated heterocycles. The molecule has 4 radical (unpaired) electrons. The molecule has 0 amide bonds. The van der Waals surface area contributed by atoms with Gasteiger partial charge in [0.2, 0.25) is 0 Å². The van der Waals surface area contributed by atoms with Crippen molar-refractivity contribution in [3.63, 3.8) is 0 Å². The van der Waals surface area contributed by atoms with E-state index in [4.69, 9.17) is 14.9 Å².